The number of rotatable bonds is 4. The molecule has 0 aromatic heterocycles. The summed E-state index contributed by atoms with van der Waals surface area (Å²) in [5.74, 6) is -0.532. The Morgan fingerprint density at radius 1 is 1.05 bits per heavy atom. The van der Waals surface area contributed by atoms with Crippen molar-refractivity contribution in [2.24, 2.45) is 5.73 Å². The predicted molar refractivity (Wildman–Crippen MR) is 81.9 cm³/mol. The van der Waals surface area contributed by atoms with Gasteiger partial charge in [0.05, 0.1) is 11.4 Å². The molecule has 0 aliphatic heterocycles. The summed E-state index contributed by atoms with van der Waals surface area (Å²) < 4.78 is 26.0. The van der Waals surface area contributed by atoms with E-state index in [1.807, 2.05) is 6.07 Å². The summed E-state index contributed by atoms with van der Waals surface area (Å²) in [5.41, 5.74) is 12.2. The largest absolute Gasteiger partial charge is 0.399 e. The lowest BCUT2D eigenvalue weighted by Gasteiger charge is -2.22. The Balaban J connectivity index is 2.37. The van der Waals surface area contributed by atoms with Crippen molar-refractivity contribution in [2.45, 2.75) is 11.4 Å². The van der Waals surface area contributed by atoms with Crippen LogP contribution in [-0.2, 0) is 16.6 Å². The van der Waals surface area contributed by atoms with E-state index in [4.69, 9.17) is 16.9 Å². The Morgan fingerprint density at radius 2 is 1.62 bits per heavy atom. The highest BCUT2D eigenvalue weighted by Gasteiger charge is 2.25. The fourth-order valence-electron chi connectivity index (χ4n) is 1.82. The Bertz CT molecular complexity index is 727. The second-order valence-electron chi connectivity index (χ2n) is 4.45. The Morgan fingerprint density at radius 3 is 2.14 bits per heavy atom. The zero-order chi connectivity index (χ0) is 15.5. The second kappa shape index (κ2) is 5.84. The van der Waals surface area contributed by atoms with Crippen LogP contribution >= 0.6 is 0 Å². The first-order valence-electron chi connectivity index (χ1n) is 6.17. The minimum absolute atomic E-state index is 0.00286. The quantitative estimate of drug-likeness (QED) is 0.449. The summed E-state index contributed by atoms with van der Waals surface area (Å²) >= 11 is 0. The van der Waals surface area contributed by atoms with Crippen molar-refractivity contribution in [1.29, 1.82) is 5.41 Å². The van der Waals surface area contributed by atoms with Gasteiger partial charge in [0, 0.05) is 5.69 Å². The van der Waals surface area contributed by atoms with Crippen LogP contribution in [0.5, 0.6) is 0 Å². The molecule has 0 atom stereocenters. The van der Waals surface area contributed by atoms with Gasteiger partial charge in [-0.1, -0.05) is 30.3 Å². The van der Waals surface area contributed by atoms with Gasteiger partial charge in [-0.3, -0.25) is 5.41 Å². The molecule has 7 heteroatoms. The van der Waals surface area contributed by atoms with Gasteiger partial charge in [-0.25, -0.2) is 12.7 Å². The topological polar surface area (TPSA) is 113 Å². The molecular formula is C14H16N4O2S. The molecule has 2 aromatic rings. The van der Waals surface area contributed by atoms with Crippen molar-refractivity contribution >= 4 is 21.7 Å². The fourth-order valence-corrected chi connectivity index (χ4v) is 3.13. The first-order chi connectivity index (χ1) is 9.91. The molecule has 0 fully saturated rings. The molecule has 110 valence electrons. The highest BCUT2D eigenvalue weighted by molar-refractivity contribution is 7.89. The number of nitrogens with zero attached hydrogens (tertiary/aromatic N) is 1. The minimum atomic E-state index is -3.89. The van der Waals surface area contributed by atoms with Crippen molar-refractivity contribution in [3.8, 4) is 0 Å². The molecule has 21 heavy (non-hydrogen) atoms. The molecule has 0 amide bonds. The standard InChI is InChI=1S/C14H16N4O2S/c15-12-6-8-13(9-7-12)21(19,20)18(14(16)17)10-11-4-2-1-3-5-11/h1-9H,10,15H2,(H3,16,17). The number of hydrogen-bond donors (Lipinski definition) is 3. The number of sulfonamides is 1. The fraction of sp³-hybridized carbons (Fsp3) is 0.0714. The molecule has 0 saturated carbocycles. The predicted octanol–water partition coefficient (Wildman–Crippen LogP) is 1.35. The van der Waals surface area contributed by atoms with E-state index in [0.29, 0.717) is 5.69 Å². The van der Waals surface area contributed by atoms with Crippen molar-refractivity contribution in [1.82, 2.24) is 4.31 Å². The highest BCUT2D eigenvalue weighted by atomic mass is 32.2. The molecule has 0 heterocycles. The van der Waals surface area contributed by atoms with E-state index in [9.17, 15) is 8.42 Å². The molecule has 0 radical (unpaired) electrons. The average molecular weight is 304 g/mol. The van der Waals surface area contributed by atoms with Gasteiger partial charge in [-0.05, 0) is 29.8 Å². The number of nitrogens with two attached hydrogens (primary N) is 2. The maximum absolute atomic E-state index is 12.6. The third-order valence-corrected chi connectivity index (χ3v) is 4.68. The number of anilines is 1. The van der Waals surface area contributed by atoms with Crippen LogP contribution in [0.3, 0.4) is 0 Å². The lowest BCUT2D eigenvalue weighted by atomic mass is 10.2. The van der Waals surface area contributed by atoms with Gasteiger partial charge < -0.3 is 11.5 Å². The molecule has 0 bridgehead atoms. The maximum atomic E-state index is 12.6. The summed E-state index contributed by atoms with van der Waals surface area (Å²) in [7, 11) is -3.89. The number of nitrogen functional groups attached to an aromatic ring is 1. The van der Waals surface area contributed by atoms with Gasteiger partial charge in [0.1, 0.15) is 0 Å². The van der Waals surface area contributed by atoms with E-state index in [1.165, 1.54) is 24.3 Å². The average Bonchev–Trinajstić information content (AvgIpc) is 2.46. The molecule has 0 aliphatic rings. The lowest BCUT2D eigenvalue weighted by molar-refractivity contribution is 0.514. The lowest BCUT2D eigenvalue weighted by Crippen LogP contribution is -2.40. The number of guanidine groups is 1. The zero-order valence-electron chi connectivity index (χ0n) is 11.2. The molecule has 0 spiro atoms. The van der Waals surface area contributed by atoms with E-state index in [-0.39, 0.29) is 11.4 Å². The van der Waals surface area contributed by atoms with E-state index >= 15 is 0 Å². The Hall–Kier alpha value is -2.54. The van der Waals surface area contributed by atoms with Crippen LogP contribution in [-0.4, -0.2) is 18.7 Å². The zero-order valence-corrected chi connectivity index (χ0v) is 12.0. The molecule has 5 N–H and O–H groups in total. The van der Waals surface area contributed by atoms with Crippen molar-refractivity contribution in [3.05, 3.63) is 60.2 Å². The molecule has 0 saturated heterocycles. The molecule has 6 nitrogen and oxygen atoms in total. The van der Waals surface area contributed by atoms with Crippen LogP contribution in [0.2, 0.25) is 0 Å². The first-order valence-corrected chi connectivity index (χ1v) is 7.61. The molecule has 0 aliphatic carbocycles. The summed E-state index contributed by atoms with van der Waals surface area (Å²) in [6.07, 6.45) is 0. The van der Waals surface area contributed by atoms with Gasteiger partial charge >= 0.3 is 0 Å². The summed E-state index contributed by atoms with van der Waals surface area (Å²) in [6.45, 7) is 0.00286. The Labute approximate surface area is 123 Å². The SMILES string of the molecule is N=C(N)N(Cc1ccccc1)S(=O)(=O)c1ccc(N)cc1. The monoisotopic (exact) mass is 304 g/mol. The van der Waals surface area contributed by atoms with E-state index in [2.05, 4.69) is 0 Å². The van der Waals surface area contributed by atoms with Crippen molar-refractivity contribution in [3.63, 3.8) is 0 Å². The number of hydrogen-bond acceptors (Lipinski definition) is 4. The van der Waals surface area contributed by atoms with Crippen molar-refractivity contribution < 1.29 is 8.42 Å². The summed E-state index contributed by atoms with van der Waals surface area (Å²) in [4.78, 5) is 0.0443. The van der Waals surface area contributed by atoms with Crippen LogP contribution in [0.1, 0.15) is 5.56 Å². The third-order valence-electron chi connectivity index (χ3n) is 2.91. The maximum Gasteiger partial charge on any atom is 0.266 e. The van der Waals surface area contributed by atoms with Gasteiger partial charge in [-0.15, -0.1) is 0 Å². The normalized spacial score (nSPS) is 11.0. The smallest absolute Gasteiger partial charge is 0.266 e. The Kier molecular flexibility index (Phi) is 4.13. The third kappa shape index (κ3) is 3.32. The second-order valence-corrected chi connectivity index (χ2v) is 6.31. The van der Waals surface area contributed by atoms with Crippen LogP contribution in [0, 0.1) is 5.41 Å². The van der Waals surface area contributed by atoms with Gasteiger partial charge in [0.15, 0.2) is 0 Å². The van der Waals surface area contributed by atoms with Gasteiger partial charge in [0.2, 0.25) is 5.96 Å². The van der Waals surface area contributed by atoms with Crippen LogP contribution in [0.25, 0.3) is 0 Å². The molecular weight excluding hydrogens is 288 g/mol. The van der Waals surface area contributed by atoms with Crippen LogP contribution < -0.4 is 11.5 Å². The molecule has 2 aromatic carbocycles. The van der Waals surface area contributed by atoms with Crippen LogP contribution in [0.4, 0.5) is 5.69 Å². The van der Waals surface area contributed by atoms with Gasteiger partial charge in [-0.2, -0.15) is 0 Å². The summed E-state index contributed by atoms with van der Waals surface area (Å²) in [5, 5.41) is 7.55. The van der Waals surface area contributed by atoms with Crippen molar-refractivity contribution in [2.75, 3.05) is 5.73 Å². The minimum Gasteiger partial charge on any atom is -0.399 e. The van der Waals surface area contributed by atoms with E-state index < -0.39 is 16.0 Å². The summed E-state index contributed by atoms with van der Waals surface area (Å²) in [6, 6.07) is 14.7. The van der Waals surface area contributed by atoms with E-state index in [1.54, 1.807) is 24.3 Å². The number of benzene rings is 2. The molecule has 2 rings (SSSR count). The van der Waals surface area contributed by atoms with E-state index in [0.717, 1.165) is 9.87 Å². The first kappa shape index (κ1) is 14.9. The molecule has 0 unspecified atom stereocenters. The van der Waals surface area contributed by atoms with Gasteiger partial charge in [0.25, 0.3) is 10.0 Å². The highest BCUT2D eigenvalue weighted by Crippen LogP contribution is 2.19. The van der Waals surface area contributed by atoms with Crippen LogP contribution in [0.15, 0.2) is 59.5 Å². The number of nitrogens with one attached hydrogen (secondary N) is 1.